The van der Waals surface area contributed by atoms with Crippen molar-refractivity contribution >= 4 is 11.5 Å². The van der Waals surface area contributed by atoms with Gasteiger partial charge in [-0.15, -0.1) is 0 Å². The highest BCUT2D eigenvalue weighted by molar-refractivity contribution is 5.64. The van der Waals surface area contributed by atoms with Crippen LogP contribution >= 0.6 is 0 Å². The van der Waals surface area contributed by atoms with E-state index >= 15 is 0 Å². The highest BCUT2D eigenvalue weighted by Crippen LogP contribution is 2.27. The lowest BCUT2D eigenvalue weighted by molar-refractivity contribution is 0.345. The SMILES string of the molecule is Cc1nn(C)c(NCCC2CCCCC2)c1N. The van der Waals surface area contributed by atoms with Gasteiger partial charge in [-0.3, -0.25) is 4.68 Å². The largest absolute Gasteiger partial charge is 0.394 e. The summed E-state index contributed by atoms with van der Waals surface area (Å²) < 4.78 is 1.84. The molecule has 3 N–H and O–H groups in total. The first-order valence-electron chi connectivity index (χ1n) is 6.71. The van der Waals surface area contributed by atoms with Crippen LogP contribution in [0.15, 0.2) is 0 Å². The van der Waals surface area contributed by atoms with Gasteiger partial charge in [0.2, 0.25) is 0 Å². The van der Waals surface area contributed by atoms with Crippen molar-refractivity contribution in [1.29, 1.82) is 0 Å². The number of aryl methyl sites for hydroxylation is 2. The van der Waals surface area contributed by atoms with Crippen molar-refractivity contribution in [2.45, 2.75) is 45.4 Å². The molecule has 1 fully saturated rings. The van der Waals surface area contributed by atoms with Gasteiger partial charge < -0.3 is 11.1 Å². The van der Waals surface area contributed by atoms with Crippen LogP contribution in [-0.4, -0.2) is 16.3 Å². The minimum Gasteiger partial charge on any atom is -0.394 e. The summed E-state index contributed by atoms with van der Waals surface area (Å²) in [5.41, 5.74) is 7.67. The van der Waals surface area contributed by atoms with Crippen LogP contribution < -0.4 is 11.1 Å². The average molecular weight is 236 g/mol. The summed E-state index contributed by atoms with van der Waals surface area (Å²) in [5, 5.41) is 7.73. The minimum atomic E-state index is 0.788. The second-order valence-corrected chi connectivity index (χ2v) is 5.19. The van der Waals surface area contributed by atoms with Gasteiger partial charge in [-0.2, -0.15) is 5.10 Å². The summed E-state index contributed by atoms with van der Waals surface area (Å²) in [6.07, 6.45) is 8.32. The first kappa shape index (κ1) is 12.3. The Morgan fingerprint density at radius 1 is 1.35 bits per heavy atom. The standard InChI is InChI=1S/C13H24N4/c1-10-12(14)13(17(2)16-10)15-9-8-11-6-4-3-5-7-11/h11,15H,3-9,14H2,1-2H3. The van der Waals surface area contributed by atoms with Gasteiger partial charge in [0.15, 0.2) is 0 Å². The number of rotatable bonds is 4. The average Bonchev–Trinajstić information content (AvgIpc) is 2.57. The molecule has 0 spiro atoms. The summed E-state index contributed by atoms with van der Waals surface area (Å²) in [6, 6.07) is 0. The molecule has 1 heterocycles. The third-order valence-electron chi connectivity index (χ3n) is 3.84. The summed E-state index contributed by atoms with van der Waals surface area (Å²) >= 11 is 0. The van der Waals surface area contributed by atoms with E-state index in [1.165, 1.54) is 38.5 Å². The first-order valence-corrected chi connectivity index (χ1v) is 6.71. The first-order chi connectivity index (χ1) is 8.18. The summed E-state index contributed by atoms with van der Waals surface area (Å²) in [4.78, 5) is 0. The van der Waals surface area contributed by atoms with Crippen molar-refractivity contribution in [1.82, 2.24) is 9.78 Å². The number of nitrogen functional groups attached to an aromatic ring is 1. The molecule has 0 atom stereocenters. The Labute approximate surface area is 104 Å². The van der Waals surface area contributed by atoms with E-state index in [4.69, 9.17) is 5.73 Å². The predicted octanol–water partition coefficient (Wildman–Crippen LogP) is 2.69. The molecule has 0 aliphatic heterocycles. The number of nitrogens with two attached hydrogens (primary N) is 1. The molecule has 1 aromatic heterocycles. The molecular formula is C13H24N4. The van der Waals surface area contributed by atoms with Crippen LogP contribution in [0.1, 0.15) is 44.2 Å². The Kier molecular flexibility index (Phi) is 3.92. The zero-order valence-corrected chi connectivity index (χ0v) is 11.0. The highest BCUT2D eigenvalue weighted by atomic mass is 15.3. The second kappa shape index (κ2) is 5.43. The Bertz CT molecular complexity index is 364. The lowest BCUT2D eigenvalue weighted by atomic mass is 9.87. The molecule has 1 aliphatic carbocycles. The summed E-state index contributed by atoms with van der Waals surface area (Å²) in [5.74, 6) is 1.88. The normalized spacial score (nSPS) is 17.3. The molecule has 0 aromatic carbocycles. The van der Waals surface area contributed by atoms with Crippen LogP contribution in [0.5, 0.6) is 0 Å². The number of nitrogens with zero attached hydrogens (tertiary/aromatic N) is 2. The molecule has 96 valence electrons. The third-order valence-corrected chi connectivity index (χ3v) is 3.84. The summed E-state index contributed by atoms with van der Waals surface area (Å²) in [6.45, 7) is 2.95. The fourth-order valence-corrected chi connectivity index (χ4v) is 2.75. The van der Waals surface area contributed by atoms with Gasteiger partial charge in [-0.1, -0.05) is 32.1 Å². The van der Waals surface area contributed by atoms with Gasteiger partial charge in [-0.05, 0) is 19.3 Å². The van der Waals surface area contributed by atoms with Crippen LogP contribution in [-0.2, 0) is 7.05 Å². The molecule has 0 radical (unpaired) electrons. The lowest BCUT2D eigenvalue weighted by Gasteiger charge is -2.21. The predicted molar refractivity (Wildman–Crippen MR) is 72.0 cm³/mol. The maximum Gasteiger partial charge on any atom is 0.147 e. The molecule has 1 aromatic rings. The fraction of sp³-hybridized carbons (Fsp3) is 0.769. The van der Waals surface area contributed by atoms with Crippen molar-refractivity contribution in [2.24, 2.45) is 13.0 Å². The van der Waals surface area contributed by atoms with Crippen LogP contribution in [0.3, 0.4) is 0 Å². The molecule has 2 rings (SSSR count). The van der Waals surface area contributed by atoms with Crippen molar-refractivity contribution in [3.8, 4) is 0 Å². The van der Waals surface area contributed by atoms with Crippen LogP contribution in [0, 0.1) is 12.8 Å². The monoisotopic (exact) mass is 236 g/mol. The Morgan fingerprint density at radius 2 is 2.06 bits per heavy atom. The van der Waals surface area contributed by atoms with Crippen LogP contribution in [0.25, 0.3) is 0 Å². The molecule has 0 unspecified atom stereocenters. The van der Waals surface area contributed by atoms with E-state index in [0.717, 1.165) is 29.7 Å². The number of anilines is 2. The van der Waals surface area contributed by atoms with Gasteiger partial charge >= 0.3 is 0 Å². The maximum absolute atomic E-state index is 5.98. The van der Waals surface area contributed by atoms with Gasteiger partial charge in [0.1, 0.15) is 5.82 Å². The third kappa shape index (κ3) is 2.93. The molecule has 17 heavy (non-hydrogen) atoms. The quantitative estimate of drug-likeness (QED) is 0.845. The molecule has 0 saturated heterocycles. The summed E-state index contributed by atoms with van der Waals surface area (Å²) in [7, 11) is 1.94. The lowest BCUT2D eigenvalue weighted by Crippen LogP contribution is -2.14. The van der Waals surface area contributed by atoms with E-state index in [2.05, 4.69) is 10.4 Å². The molecule has 4 heteroatoms. The zero-order valence-electron chi connectivity index (χ0n) is 11.0. The number of hydrogen-bond donors (Lipinski definition) is 2. The molecule has 1 saturated carbocycles. The Balaban J connectivity index is 1.81. The van der Waals surface area contributed by atoms with Crippen molar-refractivity contribution < 1.29 is 0 Å². The van der Waals surface area contributed by atoms with E-state index in [0.29, 0.717) is 0 Å². The molecule has 0 bridgehead atoms. The van der Waals surface area contributed by atoms with E-state index in [9.17, 15) is 0 Å². The molecule has 4 nitrogen and oxygen atoms in total. The van der Waals surface area contributed by atoms with Gasteiger partial charge in [0.05, 0.1) is 11.4 Å². The maximum atomic E-state index is 5.98. The van der Waals surface area contributed by atoms with Gasteiger partial charge in [0, 0.05) is 13.6 Å². The van der Waals surface area contributed by atoms with Crippen LogP contribution in [0.2, 0.25) is 0 Å². The number of hydrogen-bond acceptors (Lipinski definition) is 3. The van der Waals surface area contributed by atoms with E-state index in [1.54, 1.807) is 0 Å². The van der Waals surface area contributed by atoms with Gasteiger partial charge in [-0.25, -0.2) is 0 Å². The second-order valence-electron chi connectivity index (χ2n) is 5.19. The smallest absolute Gasteiger partial charge is 0.147 e. The van der Waals surface area contributed by atoms with E-state index in [-0.39, 0.29) is 0 Å². The van der Waals surface area contributed by atoms with E-state index in [1.807, 2.05) is 18.7 Å². The zero-order chi connectivity index (χ0) is 12.3. The van der Waals surface area contributed by atoms with Gasteiger partial charge in [0.25, 0.3) is 0 Å². The Hall–Kier alpha value is -1.19. The minimum absolute atomic E-state index is 0.788. The van der Waals surface area contributed by atoms with Crippen LogP contribution in [0.4, 0.5) is 11.5 Å². The number of aromatic nitrogens is 2. The molecule has 1 aliphatic rings. The van der Waals surface area contributed by atoms with Crippen molar-refractivity contribution in [2.75, 3.05) is 17.6 Å². The number of nitrogens with one attached hydrogen (secondary N) is 1. The topological polar surface area (TPSA) is 55.9 Å². The molecular weight excluding hydrogens is 212 g/mol. The Morgan fingerprint density at radius 3 is 2.65 bits per heavy atom. The van der Waals surface area contributed by atoms with Crippen molar-refractivity contribution in [3.63, 3.8) is 0 Å². The molecule has 0 amide bonds. The van der Waals surface area contributed by atoms with Crippen molar-refractivity contribution in [3.05, 3.63) is 5.69 Å². The van der Waals surface area contributed by atoms with E-state index < -0.39 is 0 Å². The highest BCUT2D eigenvalue weighted by Gasteiger charge is 2.14. The fourth-order valence-electron chi connectivity index (χ4n) is 2.75.